The molecule has 7 nitrogen and oxygen atoms in total. The molecular weight excluding hydrogens is 528 g/mol. The van der Waals surface area contributed by atoms with Crippen molar-refractivity contribution in [1.29, 1.82) is 0 Å². The number of carbonyl (C=O) groups excluding carboxylic acids is 1. The summed E-state index contributed by atoms with van der Waals surface area (Å²) in [5, 5.41) is 0. The molecule has 1 unspecified atom stereocenters. The molecule has 9 heteroatoms. The molecule has 3 aliphatic rings. The normalized spacial score (nSPS) is 21.6. The largest absolute Gasteiger partial charge is 0.376 e. The average Bonchev–Trinajstić information content (AvgIpc) is 3.56. The highest BCUT2D eigenvalue weighted by Crippen LogP contribution is 2.35. The van der Waals surface area contributed by atoms with E-state index in [1.54, 1.807) is 21.6 Å². The number of nitrogens with zero attached hydrogens (tertiary/aromatic N) is 4. The van der Waals surface area contributed by atoms with E-state index in [2.05, 4.69) is 35.2 Å². The van der Waals surface area contributed by atoms with Gasteiger partial charge < -0.3 is 9.64 Å². The number of rotatable bonds is 6. The second-order valence-electron chi connectivity index (χ2n) is 10.6. The van der Waals surface area contributed by atoms with Crippen LogP contribution in [-0.4, -0.2) is 56.9 Å². The van der Waals surface area contributed by atoms with Gasteiger partial charge in [-0.05, 0) is 68.2 Å². The lowest BCUT2D eigenvalue weighted by molar-refractivity contribution is -0.123. The number of thiocarbonyl (C=S) groups is 1. The van der Waals surface area contributed by atoms with Crippen LogP contribution in [0, 0.1) is 12.8 Å². The topological polar surface area (TPSA) is 67.2 Å². The van der Waals surface area contributed by atoms with Crippen LogP contribution in [0.3, 0.4) is 0 Å². The minimum atomic E-state index is -0.172. The predicted molar refractivity (Wildman–Crippen MR) is 160 cm³/mol. The van der Waals surface area contributed by atoms with E-state index in [0.717, 1.165) is 57.4 Å². The van der Waals surface area contributed by atoms with E-state index >= 15 is 0 Å². The maximum Gasteiger partial charge on any atom is 0.267 e. The zero-order chi connectivity index (χ0) is 26.9. The Balaban J connectivity index is 1.31. The number of piperidine rings is 1. The summed E-state index contributed by atoms with van der Waals surface area (Å²) in [6.07, 6.45) is 8.49. The molecule has 3 aromatic rings. The van der Waals surface area contributed by atoms with Gasteiger partial charge in [0.25, 0.3) is 11.5 Å². The van der Waals surface area contributed by atoms with Crippen LogP contribution in [0.4, 0.5) is 5.82 Å². The van der Waals surface area contributed by atoms with Gasteiger partial charge in [0.05, 0.1) is 23.1 Å². The van der Waals surface area contributed by atoms with Gasteiger partial charge in [-0.2, -0.15) is 0 Å². The van der Waals surface area contributed by atoms with Gasteiger partial charge in [0, 0.05) is 25.9 Å². The number of ether oxygens (including phenoxy) is 1. The number of carbonyl (C=O) groups is 1. The summed E-state index contributed by atoms with van der Waals surface area (Å²) in [6, 6.07) is 14.4. The summed E-state index contributed by atoms with van der Waals surface area (Å²) < 4.78 is 7.83. The Kier molecular flexibility index (Phi) is 7.55. The maximum absolute atomic E-state index is 13.9. The molecule has 1 atom stereocenters. The van der Waals surface area contributed by atoms with E-state index < -0.39 is 0 Å². The minimum Gasteiger partial charge on any atom is -0.376 e. The first kappa shape index (κ1) is 26.2. The van der Waals surface area contributed by atoms with Crippen molar-refractivity contribution in [3.63, 3.8) is 0 Å². The standard InChI is InChI=1S/C30H32N4O3S2/c1-20-7-5-13-33-26(20)31-27(32-14-11-22(12-15-32)17-21-8-3-2-4-9-21)24(28(33)35)18-25-29(36)34(30(38)39-25)19-23-10-6-16-37-23/h2-5,7-9,13,18,22-23H,6,10-12,14-17,19H2,1H3/b25-18+. The van der Waals surface area contributed by atoms with Crippen LogP contribution in [0.25, 0.3) is 11.7 Å². The molecule has 3 fully saturated rings. The summed E-state index contributed by atoms with van der Waals surface area (Å²) in [6.45, 7) is 4.77. The number of aromatic nitrogens is 2. The molecule has 0 radical (unpaired) electrons. The Labute approximate surface area is 237 Å². The number of hydrogen-bond acceptors (Lipinski definition) is 7. The second kappa shape index (κ2) is 11.2. The third kappa shape index (κ3) is 5.40. The molecular formula is C30H32N4O3S2. The van der Waals surface area contributed by atoms with E-state index in [4.69, 9.17) is 21.9 Å². The number of aryl methyl sites for hydroxylation is 1. The van der Waals surface area contributed by atoms with Crippen molar-refractivity contribution in [3.05, 3.63) is 80.6 Å². The first-order valence-electron chi connectivity index (χ1n) is 13.7. The molecule has 0 saturated carbocycles. The van der Waals surface area contributed by atoms with Crippen LogP contribution >= 0.6 is 24.0 Å². The highest BCUT2D eigenvalue weighted by molar-refractivity contribution is 8.26. The number of hydrogen-bond donors (Lipinski definition) is 0. The van der Waals surface area contributed by atoms with Crippen LogP contribution in [0.5, 0.6) is 0 Å². The molecule has 0 spiro atoms. The van der Waals surface area contributed by atoms with E-state index in [-0.39, 0.29) is 17.6 Å². The van der Waals surface area contributed by atoms with E-state index in [1.165, 1.54) is 17.3 Å². The lowest BCUT2D eigenvalue weighted by Crippen LogP contribution is -2.37. The summed E-state index contributed by atoms with van der Waals surface area (Å²) in [5.41, 5.74) is 3.21. The minimum absolute atomic E-state index is 0.00975. The second-order valence-corrected chi connectivity index (χ2v) is 12.3. The molecule has 3 saturated heterocycles. The third-order valence-corrected chi connectivity index (χ3v) is 9.28. The Bertz CT molecular complexity index is 1490. The van der Waals surface area contributed by atoms with Gasteiger partial charge >= 0.3 is 0 Å². The summed E-state index contributed by atoms with van der Waals surface area (Å²) in [5.74, 6) is 1.07. The van der Waals surface area contributed by atoms with E-state index in [9.17, 15) is 9.59 Å². The quantitative estimate of drug-likeness (QED) is 0.316. The molecule has 2 aromatic heterocycles. The molecule has 5 heterocycles. The summed E-state index contributed by atoms with van der Waals surface area (Å²) in [7, 11) is 0. The summed E-state index contributed by atoms with van der Waals surface area (Å²) in [4.78, 5) is 36.6. The number of fused-ring (bicyclic) bond motifs is 1. The molecule has 202 valence electrons. The number of anilines is 1. The number of pyridine rings is 1. The fourth-order valence-electron chi connectivity index (χ4n) is 5.74. The van der Waals surface area contributed by atoms with Gasteiger partial charge in [0.1, 0.15) is 15.8 Å². The molecule has 0 N–H and O–H groups in total. The molecule has 3 aliphatic heterocycles. The fourth-order valence-corrected chi connectivity index (χ4v) is 7.00. The smallest absolute Gasteiger partial charge is 0.267 e. The third-order valence-electron chi connectivity index (χ3n) is 7.90. The zero-order valence-corrected chi connectivity index (χ0v) is 23.7. The van der Waals surface area contributed by atoms with Gasteiger partial charge in [-0.1, -0.05) is 60.4 Å². The Morgan fingerprint density at radius 1 is 1.10 bits per heavy atom. The predicted octanol–water partition coefficient (Wildman–Crippen LogP) is 4.84. The number of benzene rings is 1. The first-order chi connectivity index (χ1) is 19.0. The van der Waals surface area contributed by atoms with Crippen LogP contribution in [0.1, 0.15) is 42.4 Å². The monoisotopic (exact) mass is 560 g/mol. The highest BCUT2D eigenvalue weighted by atomic mass is 32.2. The highest BCUT2D eigenvalue weighted by Gasteiger charge is 2.35. The molecule has 0 bridgehead atoms. The zero-order valence-electron chi connectivity index (χ0n) is 22.0. The van der Waals surface area contributed by atoms with Gasteiger partial charge in [-0.15, -0.1) is 0 Å². The van der Waals surface area contributed by atoms with Gasteiger partial charge in [-0.3, -0.25) is 18.9 Å². The number of thioether (sulfide) groups is 1. The first-order valence-corrected chi connectivity index (χ1v) is 14.9. The average molecular weight is 561 g/mol. The van der Waals surface area contributed by atoms with Gasteiger partial charge in [0.2, 0.25) is 0 Å². The van der Waals surface area contributed by atoms with Crippen molar-refractivity contribution in [3.8, 4) is 0 Å². The van der Waals surface area contributed by atoms with E-state index in [0.29, 0.717) is 38.7 Å². The van der Waals surface area contributed by atoms with Crippen molar-refractivity contribution < 1.29 is 9.53 Å². The van der Waals surface area contributed by atoms with Crippen LogP contribution in [-0.2, 0) is 16.0 Å². The van der Waals surface area contributed by atoms with Gasteiger partial charge in [0.15, 0.2) is 0 Å². The van der Waals surface area contributed by atoms with Crippen molar-refractivity contribution in [2.24, 2.45) is 5.92 Å². The SMILES string of the molecule is Cc1cccn2c(=O)c(/C=C3/SC(=S)N(CC4CCCO4)C3=O)c(N3CCC(Cc4ccccc4)CC3)nc12. The molecule has 6 rings (SSSR count). The number of amides is 1. The van der Waals surface area contributed by atoms with Crippen molar-refractivity contribution in [2.45, 2.75) is 45.1 Å². The molecule has 0 aliphatic carbocycles. The maximum atomic E-state index is 13.9. The van der Waals surface area contributed by atoms with Gasteiger partial charge in [-0.25, -0.2) is 4.98 Å². The Morgan fingerprint density at radius 2 is 1.90 bits per heavy atom. The van der Waals surface area contributed by atoms with Crippen LogP contribution in [0.2, 0.25) is 0 Å². The fraction of sp³-hybridized carbons (Fsp3) is 0.400. The lowest BCUT2D eigenvalue weighted by atomic mass is 9.90. The molecule has 1 amide bonds. The van der Waals surface area contributed by atoms with Crippen LogP contribution in [0.15, 0.2) is 58.4 Å². The molecule has 1 aromatic carbocycles. The summed E-state index contributed by atoms with van der Waals surface area (Å²) >= 11 is 6.81. The van der Waals surface area contributed by atoms with Crippen molar-refractivity contribution in [1.82, 2.24) is 14.3 Å². The Morgan fingerprint density at radius 3 is 2.64 bits per heavy atom. The van der Waals surface area contributed by atoms with Crippen molar-refractivity contribution in [2.75, 3.05) is 31.1 Å². The van der Waals surface area contributed by atoms with E-state index in [1.807, 2.05) is 19.1 Å². The van der Waals surface area contributed by atoms with Crippen molar-refractivity contribution >= 4 is 51.7 Å². The lowest BCUT2D eigenvalue weighted by Gasteiger charge is -2.33. The molecule has 39 heavy (non-hydrogen) atoms. The Hall–Kier alpha value is -3.01. The van der Waals surface area contributed by atoms with Crippen LogP contribution < -0.4 is 10.5 Å².